The number of aryl methyl sites for hydroxylation is 1. The van der Waals surface area contributed by atoms with Crippen molar-refractivity contribution in [3.05, 3.63) is 18.2 Å². The molecule has 1 aliphatic heterocycles. The summed E-state index contributed by atoms with van der Waals surface area (Å²) in [4.78, 5) is 30.1. The molecule has 0 saturated carbocycles. The quantitative estimate of drug-likeness (QED) is 0.757. The predicted octanol–water partition coefficient (Wildman–Crippen LogP) is 0.868. The molecule has 0 radical (unpaired) electrons. The van der Waals surface area contributed by atoms with Crippen LogP contribution in [-0.4, -0.2) is 44.9 Å². The predicted molar refractivity (Wildman–Crippen MR) is 79.5 cm³/mol. The summed E-state index contributed by atoms with van der Waals surface area (Å²) in [5.74, 6) is 0.841. The lowest BCUT2D eigenvalue weighted by molar-refractivity contribution is -0.141. The topological polar surface area (TPSA) is 67.2 Å². The van der Waals surface area contributed by atoms with Crippen LogP contribution in [0.2, 0.25) is 0 Å². The van der Waals surface area contributed by atoms with Gasteiger partial charge in [-0.1, -0.05) is 13.8 Å². The first-order valence-electron chi connectivity index (χ1n) is 7.63. The van der Waals surface area contributed by atoms with E-state index in [2.05, 4.69) is 10.3 Å². The molecule has 116 valence electrons. The van der Waals surface area contributed by atoms with Gasteiger partial charge in [-0.25, -0.2) is 4.98 Å². The van der Waals surface area contributed by atoms with Crippen LogP contribution in [0.4, 0.5) is 0 Å². The maximum absolute atomic E-state index is 12.4. The van der Waals surface area contributed by atoms with Crippen LogP contribution in [0, 0.1) is 0 Å². The number of nitrogens with one attached hydrogen (secondary N) is 1. The second-order valence-corrected chi connectivity index (χ2v) is 5.49. The minimum Gasteiger partial charge on any atom is -0.338 e. The molecule has 0 spiro atoms. The Labute approximate surface area is 125 Å². The van der Waals surface area contributed by atoms with Gasteiger partial charge < -0.3 is 9.88 Å². The van der Waals surface area contributed by atoms with Crippen molar-refractivity contribution in [2.45, 2.75) is 51.6 Å². The van der Waals surface area contributed by atoms with Crippen LogP contribution in [0.15, 0.2) is 12.4 Å². The SMILES string of the molecule is CCC(CC)N1C(=O)CC(NCCc2nccn2C)C1=O. The summed E-state index contributed by atoms with van der Waals surface area (Å²) in [7, 11) is 1.95. The molecule has 2 amide bonds. The van der Waals surface area contributed by atoms with Gasteiger partial charge in [-0.2, -0.15) is 0 Å². The Balaban J connectivity index is 1.89. The molecule has 2 heterocycles. The van der Waals surface area contributed by atoms with E-state index in [4.69, 9.17) is 0 Å². The van der Waals surface area contributed by atoms with Crippen molar-refractivity contribution in [2.75, 3.05) is 6.54 Å². The molecule has 2 rings (SSSR count). The highest BCUT2D eigenvalue weighted by atomic mass is 16.2. The summed E-state index contributed by atoms with van der Waals surface area (Å²) in [6.07, 6.45) is 6.30. The Morgan fingerprint density at radius 2 is 2.10 bits per heavy atom. The Morgan fingerprint density at radius 3 is 2.67 bits per heavy atom. The molecule has 21 heavy (non-hydrogen) atoms. The van der Waals surface area contributed by atoms with Gasteiger partial charge in [0.25, 0.3) is 0 Å². The van der Waals surface area contributed by atoms with E-state index in [0.717, 1.165) is 25.1 Å². The average Bonchev–Trinajstić information content (AvgIpc) is 2.99. The van der Waals surface area contributed by atoms with Gasteiger partial charge in [-0.3, -0.25) is 14.5 Å². The summed E-state index contributed by atoms with van der Waals surface area (Å²) >= 11 is 0. The van der Waals surface area contributed by atoms with E-state index in [1.165, 1.54) is 4.90 Å². The first-order valence-corrected chi connectivity index (χ1v) is 7.63. The van der Waals surface area contributed by atoms with Crippen LogP contribution >= 0.6 is 0 Å². The van der Waals surface area contributed by atoms with E-state index < -0.39 is 0 Å². The van der Waals surface area contributed by atoms with Gasteiger partial charge in [0.2, 0.25) is 11.8 Å². The van der Waals surface area contributed by atoms with E-state index in [9.17, 15) is 9.59 Å². The molecule has 1 atom stereocenters. The monoisotopic (exact) mass is 292 g/mol. The van der Waals surface area contributed by atoms with Crippen molar-refractivity contribution in [1.29, 1.82) is 0 Å². The molecule has 0 bridgehead atoms. The third-order valence-corrected chi connectivity index (χ3v) is 4.15. The zero-order chi connectivity index (χ0) is 15.4. The van der Waals surface area contributed by atoms with Gasteiger partial charge in [0.15, 0.2) is 0 Å². The first-order chi connectivity index (χ1) is 10.1. The molecule has 1 saturated heterocycles. The standard InChI is InChI=1S/C15H24N4O2/c1-4-11(5-2)19-14(20)10-12(15(19)21)16-7-6-13-17-8-9-18(13)3/h8-9,11-12,16H,4-7,10H2,1-3H3. The number of amides is 2. The molecule has 0 aromatic carbocycles. The lowest BCUT2D eigenvalue weighted by Crippen LogP contribution is -2.44. The van der Waals surface area contributed by atoms with Gasteiger partial charge in [0.05, 0.1) is 12.5 Å². The minimum absolute atomic E-state index is 0.0336. The minimum atomic E-state index is -0.377. The molecule has 0 aliphatic carbocycles. The largest absolute Gasteiger partial charge is 0.338 e. The lowest BCUT2D eigenvalue weighted by Gasteiger charge is -2.24. The molecule has 1 aromatic rings. The molecule has 1 aliphatic rings. The summed E-state index contributed by atoms with van der Waals surface area (Å²) < 4.78 is 1.96. The van der Waals surface area contributed by atoms with E-state index in [1.54, 1.807) is 6.20 Å². The van der Waals surface area contributed by atoms with E-state index in [0.29, 0.717) is 6.54 Å². The van der Waals surface area contributed by atoms with Crippen LogP contribution in [-0.2, 0) is 23.1 Å². The Morgan fingerprint density at radius 1 is 1.38 bits per heavy atom. The van der Waals surface area contributed by atoms with E-state index in [1.807, 2.05) is 31.7 Å². The number of likely N-dealkylation sites (tertiary alicyclic amines) is 1. The molecule has 6 nitrogen and oxygen atoms in total. The van der Waals surface area contributed by atoms with Crippen LogP contribution in [0.5, 0.6) is 0 Å². The zero-order valence-corrected chi connectivity index (χ0v) is 13.0. The zero-order valence-electron chi connectivity index (χ0n) is 13.0. The highest BCUT2D eigenvalue weighted by Crippen LogP contribution is 2.20. The van der Waals surface area contributed by atoms with Crippen molar-refractivity contribution in [2.24, 2.45) is 7.05 Å². The molecule has 1 N–H and O–H groups in total. The number of hydrogen-bond acceptors (Lipinski definition) is 4. The maximum Gasteiger partial charge on any atom is 0.247 e. The highest BCUT2D eigenvalue weighted by molar-refractivity contribution is 6.05. The van der Waals surface area contributed by atoms with Crippen molar-refractivity contribution < 1.29 is 9.59 Å². The molecular formula is C15H24N4O2. The van der Waals surface area contributed by atoms with Crippen LogP contribution in [0.25, 0.3) is 0 Å². The van der Waals surface area contributed by atoms with Crippen molar-refractivity contribution in [3.8, 4) is 0 Å². The summed E-state index contributed by atoms with van der Waals surface area (Å²) in [6, 6.07) is -0.343. The second kappa shape index (κ2) is 6.85. The van der Waals surface area contributed by atoms with Gasteiger partial charge in [-0.05, 0) is 12.8 Å². The fraction of sp³-hybridized carbons (Fsp3) is 0.667. The third-order valence-electron chi connectivity index (χ3n) is 4.15. The van der Waals surface area contributed by atoms with Crippen LogP contribution in [0.3, 0.4) is 0 Å². The summed E-state index contributed by atoms with van der Waals surface area (Å²) in [5, 5.41) is 3.19. The van der Waals surface area contributed by atoms with Crippen molar-refractivity contribution in [1.82, 2.24) is 19.8 Å². The summed E-state index contributed by atoms with van der Waals surface area (Å²) in [6.45, 7) is 4.67. The number of imidazole rings is 1. The van der Waals surface area contributed by atoms with Crippen molar-refractivity contribution in [3.63, 3.8) is 0 Å². The van der Waals surface area contributed by atoms with Gasteiger partial charge in [0.1, 0.15) is 5.82 Å². The number of rotatable bonds is 7. The van der Waals surface area contributed by atoms with Crippen LogP contribution < -0.4 is 5.32 Å². The molecule has 1 unspecified atom stereocenters. The molecule has 1 fully saturated rings. The second-order valence-electron chi connectivity index (χ2n) is 5.49. The third kappa shape index (κ3) is 3.32. The smallest absolute Gasteiger partial charge is 0.247 e. The number of imide groups is 1. The Bertz CT molecular complexity index is 508. The van der Waals surface area contributed by atoms with Gasteiger partial charge >= 0.3 is 0 Å². The number of nitrogens with zero attached hydrogens (tertiary/aromatic N) is 3. The fourth-order valence-corrected chi connectivity index (χ4v) is 2.84. The van der Waals surface area contributed by atoms with E-state index >= 15 is 0 Å². The summed E-state index contributed by atoms with van der Waals surface area (Å²) in [5.41, 5.74) is 0. The van der Waals surface area contributed by atoms with E-state index in [-0.39, 0.29) is 30.3 Å². The van der Waals surface area contributed by atoms with Crippen molar-refractivity contribution >= 4 is 11.8 Å². The number of carbonyl (C=O) groups is 2. The fourth-order valence-electron chi connectivity index (χ4n) is 2.84. The average molecular weight is 292 g/mol. The normalized spacial score (nSPS) is 19.0. The Hall–Kier alpha value is -1.69. The lowest BCUT2D eigenvalue weighted by atomic mass is 10.1. The number of aromatic nitrogens is 2. The number of carbonyl (C=O) groups excluding carboxylic acids is 2. The maximum atomic E-state index is 12.4. The molecule has 6 heteroatoms. The first kappa shape index (κ1) is 15.7. The highest BCUT2D eigenvalue weighted by Gasteiger charge is 2.40. The molecular weight excluding hydrogens is 268 g/mol. The van der Waals surface area contributed by atoms with Crippen LogP contribution in [0.1, 0.15) is 38.9 Å². The Kier molecular flexibility index (Phi) is 5.12. The molecule has 1 aromatic heterocycles. The van der Waals surface area contributed by atoms with Gasteiger partial charge in [0, 0.05) is 38.4 Å². The van der Waals surface area contributed by atoms with Gasteiger partial charge in [-0.15, -0.1) is 0 Å². The number of hydrogen-bond donors (Lipinski definition) is 1.